The first-order chi connectivity index (χ1) is 15.6. The topological polar surface area (TPSA) is 119 Å². The average molecular weight is 479 g/mol. The maximum atomic E-state index is 12.3. The maximum Gasteiger partial charge on any atom is 0.303 e. The molecule has 190 valence electrons. The van der Waals surface area contributed by atoms with Crippen LogP contribution in [0, 0.1) is 22.7 Å². The van der Waals surface area contributed by atoms with Gasteiger partial charge in [-0.05, 0) is 54.2 Å². The van der Waals surface area contributed by atoms with Crippen molar-refractivity contribution < 1.29 is 38.8 Å². The molecule has 0 spiro atoms. The molecule has 0 radical (unpaired) electrons. The zero-order chi connectivity index (χ0) is 25.7. The van der Waals surface area contributed by atoms with Gasteiger partial charge >= 0.3 is 17.9 Å². The second-order valence-electron chi connectivity index (χ2n) is 10.9. The Kier molecular flexibility index (Phi) is 7.08. The van der Waals surface area contributed by atoms with Gasteiger partial charge in [-0.15, -0.1) is 0 Å². The predicted molar refractivity (Wildman–Crippen MR) is 123 cm³/mol. The molecule has 34 heavy (non-hydrogen) atoms. The smallest absolute Gasteiger partial charge is 0.303 e. The van der Waals surface area contributed by atoms with E-state index in [4.69, 9.17) is 14.2 Å². The van der Waals surface area contributed by atoms with Crippen LogP contribution in [0.1, 0.15) is 67.7 Å². The third-order valence-corrected chi connectivity index (χ3v) is 8.35. The number of fused-ring (bicyclic) bond motifs is 3. The van der Waals surface area contributed by atoms with Crippen LogP contribution in [0.5, 0.6) is 0 Å². The monoisotopic (exact) mass is 478 g/mol. The van der Waals surface area contributed by atoms with Gasteiger partial charge in [0.25, 0.3) is 0 Å². The summed E-state index contributed by atoms with van der Waals surface area (Å²) in [5, 5.41) is 22.6. The molecule has 8 nitrogen and oxygen atoms in total. The molecule has 3 aliphatic rings. The molecular weight excluding hydrogens is 440 g/mol. The molecule has 0 heterocycles. The SMILES string of the molecule is C=C1C(O)CCC2(C)C(OC(C)=O)C(OC(C)=O)C3=C(C)C(OC(C)=O)CC(C(O)C12)C3(C)C. The molecule has 2 N–H and O–H groups in total. The quantitative estimate of drug-likeness (QED) is 0.361. The lowest BCUT2D eigenvalue weighted by Crippen LogP contribution is -2.63. The van der Waals surface area contributed by atoms with Crippen molar-refractivity contribution >= 4 is 17.9 Å². The molecule has 2 fully saturated rings. The van der Waals surface area contributed by atoms with Gasteiger partial charge in [-0.25, -0.2) is 0 Å². The Morgan fingerprint density at radius 1 is 0.971 bits per heavy atom. The van der Waals surface area contributed by atoms with Crippen LogP contribution in [-0.4, -0.2) is 58.6 Å². The Morgan fingerprint density at radius 3 is 2.06 bits per heavy atom. The standard InChI is InChI=1S/C26H38O8/c1-12-18(30)9-10-26(8)20(12)22(31)17-11-19(32-14(3)27)13(2)21(25(17,6)7)23(33-15(4)28)24(26)34-16(5)29/h17-20,22-24,30-31H,1,9-11H2,2-8H3. The van der Waals surface area contributed by atoms with E-state index in [9.17, 15) is 24.6 Å². The van der Waals surface area contributed by atoms with Crippen molar-refractivity contribution in [2.24, 2.45) is 22.7 Å². The number of aliphatic hydroxyl groups is 2. The molecule has 8 heteroatoms. The third kappa shape index (κ3) is 4.31. The van der Waals surface area contributed by atoms with E-state index in [-0.39, 0.29) is 0 Å². The molecule has 0 amide bonds. The van der Waals surface area contributed by atoms with Crippen LogP contribution in [0.3, 0.4) is 0 Å². The minimum absolute atomic E-state index is 0.365. The molecule has 2 saturated carbocycles. The van der Waals surface area contributed by atoms with E-state index in [1.54, 1.807) is 0 Å². The second-order valence-corrected chi connectivity index (χ2v) is 10.9. The molecular formula is C26H38O8. The van der Waals surface area contributed by atoms with E-state index in [2.05, 4.69) is 6.58 Å². The van der Waals surface area contributed by atoms with Crippen LogP contribution < -0.4 is 0 Å². The molecule has 0 aliphatic heterocycles. The molecule has 0 aromatic rings. The van der Waals surface area contributed by atoms with Crippen LogP contribution in [0.25, 0.3) is 0 Å². The summed E-state index contributed by atoms with van der Waals surface area (Å²) in [5.41, 5.74) is 0.309. The summed E-state index contributed by atoms with van der Waals surface area (Å²) in [7, 11) is 0. The fourth-order valence-corrected chi connectivity index (χ4v) is 6.83. The van der Waals surface area contributed by atoms with Crippen LogP contribution in [0.2, 0.25) is 0 Å². The fourth-order valence-electron chi connectivity index (χ4n) is 6.83. The number of aliphatic hydroxyl groups excluding tert-OH is 2. The molecule has 3 rings (SSSR count). The summed E-state index contributed by atoms with van der Waals surface area (Å²) in [4.78, 5) is 36.6. The fraction of sp³-hybridized carbons (Fsp3) is 0.731. The number of hydrogen-bond acceptors (Lipinski definition) is 8. The highest BCUT2D eigenvalue weighted by Gasteiger charge is 2.63. The van der Waals surface area contributed by atoms with Gasteiger partial charge in [0.05, 0.1) is 12.2 Å². The maximum absolute atomic E-state index is 12.3. The van der Waals surface area contributed by atoms with Crippen molar-refractivity contribution in [1.29, 1.82) is 0 Å². The van der Waals surface area contributed by atoms with E-state index in [1.165, 1.54) is 20.8 Å². The number of carbonyl (C=O) groups excluding carboxylic acids is 3. The summed E-state index contributed by atoms with van der Waals surface area (Å²) in [6.45, 7) is 15.7. The van der Waals surface area contributed by atoms with Crippen molar-refractivity contribution in [3.63, 3.8) is 0 Å². The minimum atomic E-state index is -0.972. The molecule has 2 bridgehead atoms. The van der Waals surface area contributed by atoms with Gasteiger partial charge < -0.3 is 24.4 Å². The highest BCUT2D eigenvalue weighted by atomic mass is 16.6. The average Bonchev–Trinajstić information content (AvgIpc) is 2.69. The number of ether oxygens (including phenoxy) is 3. The summed E-state index contributed by atoms with van der Waals surface area (Å²) < 4.78 is 17.4. The number of esters is 3. The van der Waals surface area contributed by atoms with Gasteiger partial charge in [-0.3, -0.25) is 14.4 Å². The Labute approximate surface area is 201 Å². The third-order valence-electron chi connectivity index (χ3n) is 8.35. The summed E-state index contributed by atoms with van der Waals surface area (Å²) >= 11 is 0. The van der Waals surface area contributed by atoms with E-state index in [0.717, 1.165) is 5.57 Å². The van der Waals surface area contributed by atoms with Crippen LogP contribution in [0.15, 0.2) is 23.3 Å². The lowest BCUT2D eigenvalue weighted by molar-refractivity contribution is -0.197. The zero-order valence-electron chi connectivity index (χ0n) is 21.2. The van der Waals surface area contributed by atoms with Crippen molar-refractivity contribution in [2.45, 2.75) is 98.2 Å². The van der Waals surface area contributed by atoms with Gasteiger partial charge in [0, 0.05) is 32.1 Å². The van der Waals surface area contributed by atoms with Crippen LogP contribution in [0.4, 0.5) is 0 Å². The van der Waals surface area contributed by atoms with Crippen LogP contribution in [-0.2, 0) is 28.6 Å². The number of rotatable bonds is 3. The van der Waals surface area contributed by atoms with Gasteiger partial charge in [-0.1, -0.05) is 27.4 Å². The largest absolute Gasteiger partial charge is 0.458 e. The number of carbonyl (C=O) groups is 3. The lowest BCUT2D eigenvalue weighted by atomic mass is 9.49. The van der Waals surface area contributed by atoms with E-state index in [0.29, 0.717) is 30.4 Å². The van der Waals surface area contributed by atoms with Gasteiger partial charge in [0.1, 0.15) is 12.2 Å². The molecule has 3 aliphatic carbocycles. The lowest BCUT2D eigenvalue weighted by Gasteiger charge is -2.59. The Balaban J connectivity index is 2.36. The first-order valence-electron chi connectivity index (χ1n) is 11.9. The highest BCUT2D eigenvalue weighted by molar-refractivity contribution is 5.68. The van der Waals surface area contributed by atoms with E-state index < -0.39 is 71.1 Å². The van der Waals surface area contributed by atoms with Gasteiger partial charge in [-0.2, -0.15) is 0 Å². The van der Waals surface area contributed by atoms with Gasteiger partial charge in [0.2, 0.25) is 0 Å². The molecule has 0 aromatic carbocycles. The van der Waals surface area contributed by atoms with E-state index in [1.807, 2.05) is 27.7 Å². The summed E-state index contributed by atoms with van der Waals surface area (Å²) in [5.74, 6) is -2.59. The second kappa shape index (κ2) is 9.11. The molecule has 0 aromatic heterocycles. The minimum Gasteiger partial charge on any atom is -0.458 e. The number of hydrogen-bond donors (Lipinski definition) is 2. The van der Waals surface area contributed by atoms with Crippen molar-refractivity contribution in [3.8, 4) is 0 Å². The zero-order valence-corrected chi connectivity index (χ0v) is 21.2. The normalized spacial score (nSPS) is 39.3. The van der Waals surface area contributed by atoms with E-state index >= 15 is 0 Å². The molecule has 0 saturated heterocycles. The first-order valence-corrected chi connectivity index (χ1v) is 11.9. The Bertz CT molecular complexity index is 918. The molecule has 8 atom stereocenters. The first kappa shape index (κ1) is 26.4. The van der Waals surface area contributed by atoms with Crippen molar-refractivity contribution in [3.05, 3.63) is 23.3 Å². The Hall–Kier alpha value is -2.19. The highest BCUT2D eigenvalue weighted by Crippen LogP contribution is 2.60. The van der Waals surface area contributed by atoms with Crippen molar-refractivity contribution in [2.75, 3.05) is 0 Å². The molecule has 8 unspecified atom stereocenters. The van der Waals surface area contributed by atoms with Gasteiger partial charge in [0.15, 0.2) is 6.10 Å². The Morgan fingerprint density at radius 2 is 1.53 bits per heavy atom. The summed E-state index contributed by atoms with van der Waals surface area (Å²) in [6, 6.07) is 0. The predicted octanol–water partition coefficient (Wildman–Crippen LogP) is 2.85. The van der Waals surface area contributed by atoms with Crippen LogP contribution >= 0.6 is 0 Å². The van der Waals surface area contributed by atoms with Crippen molar-refractivity contribution in [1.82, 2.24) is 0 Å². The summed E-state index contributed by atoms with van der Waals surface area (Å²) in [6.07, 6.45) is -3.15.